The lowest BCUT2D eigenvalue weighted by atomic mass is 9.70. The Labute approximate surface area is 291 Å². The number of halogens is 2. The average molecular weight is 688 g/mol. The molecule has 9 nitrogen and oxygen atoms in total. The van der Waals surface area contributed by atoms with E-state index in [0.29, 0.717) is 36.8 Å². The molecule has 48 heavy (non-hydrogen) atoms. The molecule has 7 rings (SSSR count). The number of benzene rings is 1. The quantitative estimate of drug-likeness (QED) is 0.266. The number of ether oxygens (including phenoxy) is 1. The third kappa shape index (κ3) is 6.49. The van der Waals surface area contributed by atoms with Crippen molar-refractivity contribution in [1.29, 1.82) is 0 Å². The SMILES string of the molecule is COc1nc(C2(c3ccc4c(n3)CCN(C[C@@H]3CCC(=O)N3)C4)C=CC=C(c3ccccc3Cl)C2Cl)ccc1CNC[C@H]1CCC(=O)N1. The summed E-state index contributed by atoms with van der Waals surface area (Å²) in [4.78, 5) is 36.2. The van der Waals surface area contributed by atoms with E-state index in [1.807, 2.05) is 48.6 Å². The third-order valence-electron chi connectivity index (χ3n) is 9.95. The van der Waals surface area contributed by atoms with Crippen molar-refractivity contribution in [2.75, 3.05) is 26.7 Å². The van der Waals surface area contributed by atoms with E-state index in [0.717, 1.165) is 72.7 Å². The number of amides is 2. The Balaban J connectivity index is 1.21. The summed E-state index contributed by atoms with van der Waals surface area (Å²) in [5, 5.41) is 9.60. The average Bonchev–Trinajstić information content (AvgIpc) is 3.71. The van der Waals surface area contributed by atoms with E-state index in [-0.39, 0.29) is 23.9 Å². The number of fused-ring (bicyclic) bond motifs is 1. The smallest absolute Gasteiger partial charge is 0.220 e. The van der Waals surface area contributed by atoms with Gasteiger partial charge in [-0.05, 0) is 47.7 Å². The lowest BCUT2D eigenvalue weighted by Gasteiger charge is -2.39. The van der Waals surface area contributed by atoms with E-state index in [4.69, 9.17) is 37.9 Å². The summed E-state index contributed by atoms with van der Waals surface area (Å²) in [5.41, 5.74) is 5.51. The molecule has 11 heteroatoms. The number of pyridine rings is 2. The molecule has 2 amide bonds. The van der Waals surface area contributed by atoms with Gasteiger partial charge >= 0.3 is 0 Å². The van der Waals surface area contributed by atoms with Gasteiger partial charge in [0, 0.05) is 80.3 Å². The summed E-state index contributed by atoms with van der Waals surface area (Å²) in [7, 11) is 1.63. The van der Waals surface area contributed by atoms with Crippen molar-refractivity contribution < 1.29 is 14.3 Å². The minimum atomic E-state index is -0.918. The number of hydrogen-bond donors (Lipinski definition) is 3. The van der Waals surface area contributed by atoms with Crippen molar-refractivity contribution in [3.05, 3.63) is 106 Å². The Morgan fingerprint density at radius 2 is 1.73 bits per heavy atom. The van der Waals surface area contributed by atoms with Gasteiger partial charge in [0.15, 0.2) is 0 Å². The minimum absolute atomic E-state index is 0.101. The fourth-order valence-electron chi connectivity index (χ4n) is 7.41. The first kappa shape index (κ1) is 32.8. The highest BCUT2D eigenvalue weighted by atomic mass is 35.5. The normalized spacial score (nSPS) is 25.4. The summed E-state index contributed by atoms with van der Waals surface area (Å²) in [5.74, 6) is 0.752. The molecule has 250 valence electrons. The van der Waals surface area contributed by atoms with Crippen LogP contribution in [0.15, 0.2) is 66.8 Å². The molecule has 0 spiro atoms. The Kier molecular flexibility index (Phi) is 9.56. The van der Waals surface area contributed by atoms with Crippen LogP contribution in [0, 0.1) is 0 Å². The van der Waals surface area contributed by atoms with E-state index in [1.54, 1.807) is 7.11 Å². The van der Waals surface area contributed by atoms with Crippen molar-refractivity contribution in [2.24, 2.45) is 0 Å². The molecule has 2 aromatic heterocycles. The number of carbonyl (C=O) groups excluding carboxylic acids is 2. The summed E-state index contributed by atoms with van der Waals surface area (Å²) in [6.45, 7) is 3.70. The van der Waals surface area contributed by atoms with Gasteiger partial charge in [0.25, 0.3) is 0 Å². The number of hydrogen-bond acceptors (Lipinski definition) is 7. The number of alkyl halides is 1. The molecule has 4 atom stereocenters. The third-order valence-corrected chi connectivity index (χ3v) is 10.9. The number of allylic oxidation sites excluding steroid dienone is 4. The number of nitrogens with zero attached hydrogens (tertiary/aromatic N) is 3. The van der Waals surface area contributed by atoms with Crippen molar-refractivity contribution in [3.63, 3.8) is 0 Å². The second-order valence-corrected chi connectivity index (χ2v) is 13.9. The maximum absolute atomic E-state index is 11.8. The Morgan fingerprint density at radius 3 is 2.48 bits per heavy atom. The van der Waals surface area contributed by atoms with Crippen LogP contribution in [-0.4, -0.2) is 70.9 Å². The van der Waals surface area contributed by atoms with Crippen LogP contribution >= 0.6 is 23.2 Å². The molecule has 1 aromatic carbocycles. The molecule has 4 aliphatic rings. The summed E-state index contributed by atoms with van der Waals surface area (Å²) in [6.07, 6.45) is 9.83. The van der Waals surface area contributed by atoms with Gasteiger partial charge in [0.2, 0.25) is 17.7 Å². The van der Waals surface area contributed by atoms with E-state index in [2.05, 4.69) is 39.1 Å². The second kappa shape index (κ2) is 14.0. The summed E-state index contributed by atoms with van der Waals surface area (Å²) < 4.78 is 5.85. The number of nitrogens with one attached hydrogen (secondary N) is 3. The maximum Gasteiger partial charge on any atom is 0.220 e. The zero-order chi connectivity index (χ0) is 33.3. The van der Waals surface area contributed by atoms with Crippen molar-refractivity contribution >= 4 is 40.6 Å². The number of rotatable bonds is 10. The largest absolute Gasteiger partial charge is 0.481 e. The highest BCUT2D eigenvalue weighted by molar-refractivity contribution is 6.34. The second-order valence-electron chi connectivity index (χ2n) is 13.1. The van der Waals surface area contributed by atoms with E-state index < -0.39 is 10.8 Å². The minimum Gasteiger partial charge on any atom is -0.481 e. The van der Waals surface area contributed by atoms with Crippen LogP contribution in [-0.2, 0) is 34.5 Å². The van der Waals surface area contributed by atoms with Gasteiger partial charge < -0.3 is 20.7 Å². The first-order chi connectivity index (χ1) is 23.3. The number of aromatic nitrogens is 2. The fraction of sp³-hybridized carbons (Fsp3) is 0.405. The van der Waals surface area contributed by atoms with Crippen LogP contribution in [0.25, 0.3) is 5.57 Å². The van der Waals surface area contributed by atoms with Gasteiger partial charge in [0.05, 0.1) is 29.3 Å². The molecule has 3 N–H and O–H groups in total. The predicted octanol–water partition coefficient (Wildman–Crippen LogP) is 4.69. The van der Waals surface area contributed by atoms with Gasteiger partial charge in [-0.2, -0.15) is 0 Å². The standard InChI is InChI=1S/C37H40Cl2N6O3/c1-48-36-23(19-40-20-25-10-14-33(46)41-25)8-12-32(44-36)37(17-4-6-28(35(37)39)27-5-2-3-7-29(27)38)31-13-9-24-21-45(18-16-30(24)43-31)22-26-11-15-34(47)42-26/h2-9,12-13,17,25-26,35,40H,10-11,14-16,18-22H2,1H3,(H,41,46)(H,42,47)/t25-,26+,35?,37?/m1/s1. The highest BCUT2D eigenvalue weighted by Gasteiger charge is 2.46. The number of methoxy groups -OCH3 is 1. The highest BCUT2D eigenvalue weighted by Crippen LogP contribution is 2.48. The van der Waals surface area contributed by atoms with Crippen molar-refractivity contribution in [3.8, 4) is 5.88 Å². The van der Waals surface area contributed by atoms with E-state index in [1.165, 1.54) is 5.56 Å². The van der Waals surface area contributed by atoms with Crippen LogP contribution in [0.4, 0.5) is 0 Å². The zero-order valence-electron chi connectivity index (χ0n) is 27.0. The molecule has 5 heterocycles. The van der Waals surface area contributed by atoms with E-state index >= 15 is 0 Å². The van der Waals surface area contributed by atoms with Crippen LogP contribution < -0.4 is 20.7 Å². The van der Waals surface area contributed by atoms with Crippen LogP contribution in [0.5, 0.6) is 5.88 Å². The summed E-state index contributed by atoms with van der Waals surface area (Å²) in [6, 6.07) is 16.4. The van der Waals surface area contributed by atoms with Crippen LogP contribution in [0.3, 0.4) is 0 Å². The first-order valence-corrected chi connectivity index (χ1v) is 17.5. The van der Waals surface area contributed by atoms with Gasteiger partial charge in [0.1, 0.15) is 0 Å². The van der Waals surface area contributed by atoms with Gasteiger partial charge in [-0.15, -0.1) is 11.6 Å². The van der Waals surface area contributed by atoms with Crippen LogP contribution in [0.1, 0.15) is 59.5 Å². The molecule has 2 saturated heterocycles. The van der Waals surface area contributed by atoms with Gasteiger partial charge in [-0.25, -0.2) is 4.98 Å². The van der Waals surface area contributed by atoms with Crippen molar-refractivity contribution in [2.45, 2.75) is 68.1 Å². The molecular formula is C37H40Cl2N6O3. The molecule has 3 aromatic rings. The van der Waals surface area contributed by atoms with Gasteiger partial charge in [-0.1, -0.05) is 60.2 Å². The monoisotopic (exact) mass is 686 g/mol. The molecular weight excluding hydrogens is 647 g/mol. The molecule has 1 aliphatic carbocycles. The topological polar surface area (TPSA) is 108 Å². The molecule has 0 radical (unpaired) electrons. The molecule has 0 bridgehead atoms. The Morgan fingerprint density at radius 1 is 0.979 bits per heavy atom. The first-order valence-electron chi connectivity index (χ1n) is 16.7. The molecule has 3 aliphatic heterocycles. The Hall–Kier alpha value is -3.76. The number of carbonyl (C=O) groups is 2. The predicted molar refractivity (Wildman–Crippen MR) is 187 cm³/mol. The van der Waals surface area contributed by atoms with Crippen LogP contribution in [0.2, 0.25) is 5.02 Å². The zero-order valence-corrected chi connectivity index (χ0v) is 28.5. The van der Waals surface area contributed by atoms with E-state index in [9.17, 15) is 9.59 Å². The maximum atomic E-state index is 11.8. The molecule has 0 saturated carbocycles. The fourth-order valence-corrected chi connectivity index (χ4v) is 8.14. The summed E-state index contributed by atoms with van der Waals surface area (Å²) >= 11 is 14.3. The van der Waals surface area contributed by atoms with Crippen molar-refractivity contribution in [1.82, 2.24) is 30.8 Å². The lowest BCUT2D eigenvalue weighted by Crippen LogP contribution is -2.42. The molecule has 2 unspecified atom stereocenters. The Bertz CT molecular complexity index is 1740. The van der Waals surface area contributed by atoms with Gasteiger partial charge in [-0.3, -0.25) is 19.5 Å². The lowest BCUT2D eigenvalue weighted by molar-refractivity contribution is -0.120. The molecule has 2 fully saturated rings.